The predicted molar refractivity (Wildman–Crippen MR) is 178 cm³/mol. The number of halogens is 6. The van der Waals surface area contributed by atoms with Gasteiger partial charge in [-0.15, -0.1) is 0 Å². The quantitative estimate of drug-likeness (QED) is 0.165. The zero-order valence-electron chi connectivity index (χ0n) is 21.8. The molecule has 0 aromatic heterocycles. The standard InChI is InChI=1S/C15H12Br4O2.C15H14Cl2O2/c1-15(2,7-3-9(16)13(20)10(17)4-7)8-5-11(18)14(21)12(19)6-8;1-15(2,9-3-5-13(18)11(16)7-9)10-4-6-14(19)12(17)8-10/h3-6,20-21H,1-2H3;3-8,18-19H,1-2H3. The Hall–Kier alpha value is -1.42. The minimum Gasteiger partial charge on any atom is -0.506 e. The topological polar surface area (TPSA) is 80.9 Å². The van der Waals surface area contributed by atoms with Gasteiger partial charge in [0.2, 0.25) is 0 Å². The van der Waals surface area contributed by atoms with E-state index in [0.29, 0.717) is 27.9 Å². The second kappa shape index (κ2) is 12.8. The first-order valence-corrected chi connectivity index (χ1v) is 15.7. The van der Waals surface area contributed by atoms with E-state index in [0.717, 1.165) is 22.3 Å². The Labute approximate surface area is 277 Å². The van der Waals surface area contributed by atoms with Gasteiger partial charge in [0.25, 0.3) is 0 Å². The first kappa shape index (κ1) is 33.1. The molecular weight excluding hydrogens is 815 g/mol. The zero-order chi connectivity index (χ0) is 30.2. The van der Waals surface area contributed by atoms with Crippen LogP contribution in [0.15, 0.2) is 78.6 Å². The normalized spacial score (nSPS) is 11.7. The van der Waals surface area contributed by atoms with Crippen molar-refractivity contribution in [1.82, 2.24) is 0 Å². The SMILES string of the molecule is CC(C)(c1cc(Br)c(O)c(Br)c1)c1cc(Br)c(O)c(Br)c1.CC(C)(c1ccc(O)c(Cl)c1)c1ccc(O)c(Cl)c1. The lowest BCUT2D eigenvalue weighted by atomic mass is 9.78. The van der Waals surface area contributed by atoms with Gasteiger partial charge in [0.1, 0.15) is 23.0 Å². The Morgan fingerprint density at radius 3 is 1.02 bits per heavy atom. The smallest absolute Gasteiger partial charge is 0.143 e. The highest BCUT2D eigenvalue weighted by Gasteiger charge is 2.27. The van der Waals surface area contributed by atoms with Crippen molar-refractivity contribution in [2.75, 3.05) is 0 Å². The summed E-state index contributed by atoms with van der Waals surface area (Å²) in [5.41, 5.74) is 3.33. The van der Waals surface area contributed by atoms with E-state index in [4.69, 9.17) is 23.2 Å². The largest absolute Gasteiger partial charge is 0.506 e. The second-order valence-electron chi connectivity index (χ2n) is 10.2. The molecule has 4 rings (SSSR count). The summed E-state index contributed by atoms with van der Waals surface area (Å²) in [6.07, 6.45) is 0. The van der Waals surface area contributed by atoms with Crippen molar-refractivity contribution in [1.29, 1.82) is 0 Å². The van der Waals surface area contributed by atoms with E-state index in [2.05, 4.69) is 77.6 Å². The summed E-state index contributed by atoms with van der Waals surface area (Å²) >= 11 is 25.4. The van der Waals surface area contributed by atoms with E-state index in [1.807, 2.05) is 50.2 Å². The van der Waals surface area contributed by atoms with Crippen molar-refractivity contribution < 1.29 is 20.4 Å². The minimum absolute atomic E-state index is 0.0601. The third kappa shape index (κ3) is 7.13. The molecule has 0 spiro atoms. The van der Waals surface area contributed by atoms with Crippen molar-refractivity contribution in [2.24, 2.45) is 0 Å². The van der Waals surface area contributed by atoms with Crippen LogP contribution < -0.4 is 0 Å². The van der Waals surface area contributed by atoms with Gasteiger partial charge in [-0.3, -0.25) is 0 Å². The Balaban J connectivity index is 0.000000222. The van der Waals surface area contributed by atoms with Gasteiger partial charge in [0.15, 0.2) is 0 Å². The van der Waals surface area contributed by atoms with E-state index in [1.54, 1.807) is 24.3 Å². The third-order valence-corrected chi connectivity index (χ3v) is 9.84. The summed E-state index contributed by atoms with van der Waals surface area (Å²) < 4.78 is 2.54. The van der Waals surface area contributed by atoms with Gasteiger partial charge in [0, 0.05) is 10.8 Å². The van der Waals surface area contributed by atoms with Crippen molar-refractivity contribution in [3.63, 3.8) is 0 Å². The molecule has 4 aromatic rings. The lowest BCUT2D eigenvalue weighted by Crippen LogP contribution is -2.19. The van der Waals surface area contributed by atoms with E-state index < -0.39 is 0 Å². The van der Waals surface area contributed by atoms with Crippen LogP contribution in [0.3, 0.4) is 0 Å². The monoisotopic (exact) mass is 836 g/mol. The van der Waals surface area contributed by atoms with Crippen molar-refractivity contribution in [3.8, 4) is 23.0 Å². The molecule has 0 saturated carbocycles. The Bertz CT molecular complexity index is 1410. The molecule has 10 heteroatoms. The molecule has 4 N–H and O–H groups in total. The second-order valence-corrected chi connectivity index (χ2v) is 14.4. The lowest BCUT2D eigenvalue weighted by molar-refractivity contribution is 0.466. The molecule has 0 saturated heterocycles. The van der Waals surface area contributed by atoms with Gasteiger partial charge >= 0.3 is 0 Å². The summed E-state index contributed by atoms with van der Waals surface area (Å²) in [7, 11) is 0. The summed E-state index contributed by atoms with van der Waals surface area (Å²) in [5, 5.41) is 39.3. The number of aromatic hydroxyl groups is 4. The van der Waals surface area contributed by atoms with Crippen LogP contribution in [0.1, 0.15) is 49.9 Å². The third-order valence-electron chi connectivity index (χ3n) is 6.82. The number of benzene rings is 4. The Morgan fingerprint density at radius 2 is 0.750 bits per heavy atom. The average molecular weight is 841 g/mol. The Kier molecular flexibility index (Phi) is 10.6. The molecule has 0 atom stereocenters. The predicted octanol–water partition coefficient (Wildman–Crippen LogP) is 11.2. The van der Waals surface area contributed by atoms with Gasteiger partial charge in [-0.05, 0) is 135 Å². The fourth-order valence-electron chi connectivity index (χ4n) is 3.98. The summed E-state index contributed by atoms with van der Waals surface area (Å²) in [4.78, 5) is 0. The first-order chi connectivity index (χ1) is 18.5. The van der Waals surface area contributed by atoms with Gasteiger partial charge in [-0.25, -0.2) is 0 Å². The fourth-order valence-corrected chi connectivity index (χ4v) is 6.71. The van der Waals surface area contributed by atoms with Gasteiger partial charge in [0.05, 0.1) is 27.9 Å². The van der Waals surface area contributed by atoms with Crippen LogP contribution in [0.5, 0.6) is 23.0 Å². The van der Waals surface area contributed by atoms with Crippen molar-refractivity contribution in [3.05, 3.63) is 111 Å². The molecule has 0 bridgehead atoms. The van der Waals surface area contributed by atoms with Crippen LogP contribution in [-0.4, -0.2) is 20.4 Å². The zero-order valence-corrected chi connectivity index (χ0v) is 29.7. The maximum absolute atomic E-state index is 9.85. The maximum Gasteiger partial charge on any atom is 0.143 e. The van der Waals surface area contributed by atoms with Gasteiger partial charge < -0.3 is 20.4 Å². The maximum atomic E-state index is 9.85. The molecular formula is C30H26Br4Cl2O4. The van der Waals surface area contributed by atoms with Crippen LogP contribution in [0.4, 0.5) is 0 Å². The number of phenolic OH excluding ortho intramolecular Hbond substituents is 4. The highest BCUT2D eigenvalue weighted by atomic mass is 79.9. The summed E-state index contributed by atoms with van der Waals surface area (Å²) in [6, 6.07) is 17.8. The van der Waals surface area contributed by atoms with Crippen LogP contribution in [0, 0.1) is 0 Å². The molecule has 4 nitrogen and oxygen atoms in total. The Morgan fingerprint density at radius 1 is 0.475 bits per heavy atom. The van der Waals surface area contributed by atoms with Gasteiger partial charge in [-0.1, -0.05) is 63.0 Å². The van der Waals surface area contributed by atoms with E-state index in [9.17, 15) is 20.4 Å². The molecule has 40 heavy (non-hydrogen) atoms. The summed E-state index contributed by atoms with van der Waals surface area (Å²) in [5.74, 6) is 0.486. The molecule has 4 aromatic carbocycles. The molecule has 0 aliphatic heterocycles. The average Bonchev–Trinajstić information content (AvgIpc) is 2.88. The van der Waals surface area contributed by atoms with Crippen LogP contribution in [0.25, 0.3) is 0 Å². The van der Waals surface area contributed by atoms with E-state index in [1.165, 1.54) is 0 Å². The molecule has 0 amide bonds. The van der Waals surface area contributed by atoms with Crippen LogP contribution in [0.2, 0.25) is 10.0 Å². The highest BCUT2D eigenvalue weighted by molar-refractivity contribution is 9.11. The summed E-state index contributed by atoms with van der Waals surface area (Å²) in [6.45, 7) is 8.23. The number of hydrogen-bond donors (Lipinski definition) is 4. The molecule has 0 heterocycles. The first-order valence-electron chi connectivity index (χ1n) is 11.8. The van der Waals surface area contributed by atoms with Crippen LogP contribution >= 0.6 is 86.9 Å². The van der Waals surface area contributed by atoms with Gasteiger partial charge in [-0.2, -0.15) is 0 Å². The molecule has 0 unspecified atom stereocenters. The number of rotatable bonds is 4. The fraction of sp³-hybridized carbons (Fsp3) is 0.200. The molecule has 212 valence electrons. The number of hydrogen-bond acceptors (Lipinski definition) is 4. The molecule has 0 fully saturated rings. The number of phenols is 4. The molecule has 0 radical (unpaired) electrons. The van der Waals surface area contributed by atoms with Crippen molar-refractivity contribution in [2.45, 2.75) is 38.5 Å². The minimum atomic E-state index is -0.339. The van der Waals surface area contributed by atoms with E-state index in [-0.39, 0.29) is 33.8 Å². The van der Waals surface area contributed by atoms with Crippen molar-refractivity contribution >= 4 is 86.9 Å². The highest BCUT2D eigenvalue weighted by Crippen LogP contribution is 2.43. The molecule has 0 aliphatic rings. The lowest BCUT2D eigenvalue weighted by Gasteiger charge is -2.27. The van der Waals surface area contributed by atoms with Crippen LogP contribution in [-0.2, 0) is 10.8 Å². The van der Waals surface area contributed by atoms with E-state index >= 15 is 0 Å². The molecule has 0 aliphatic carbocycles.